The number of nitrogens with zero attached hydrogens (tertiary/aromatic N) is 4. The fourth-order valence-corrected chi connectivity index (χ4v) is 4.65. The quantitative estimate of drug-likeness (QED) is 0.291. The molecule has 4 N–H and O–H groups in total. The molecule has 0 aliphatic carbocycles. The zero-order chi connectivity index (χ0) is 28.4. The van der Waals surface area contributed by atoms with E-state index in [1.807, 2.05) is 6.07 Å². The highest BCUT2D eigenvalue weighted by molar-refractivity contribution is 6.33. The van der Waals surface area contributed by atoms with E-state index in [4.69, 9.17) is 26.8 Å². The number of nitrogens with one attached hydrogen (secondary N) is 2. The van der Waals surface area contributed by atoms with E-state index in [-0.39, 0.29) is 16.4 Å². The number of methoxy groups -OCH3 is 1. The van der Waals surface area contributed by atoms with Gasteiger partial charge in [-0.05, 0) is 42.0 Å². The van der Waals surface area contributed by atoms with Crippen LogP contribution in [0.1, 0.15) is 11.3 Å². The predicted molar refractivity (Wildman–Crippen MR) is 145 cm³/mol. The van der Waals surface area contributed by atoms with Gasteiger partial charge in [-0.2, -0.15) is 18.3 Å². The Balaban J connectivity index is 1.41. The van der Waals surface area contributed by atoms with Crippen LogP contribution in [0.25, 0.3) is 16.6 Å². The van der Waals surface area contributed by atoms with Crippen molar-refractivity contribution < 1.29 is 27.4 Å². The molecular formula is C26H25ClF3N7O3. The van der Waals surface area contributed by atoms with Crippen LogP contribution in [0.5, 0.6) is 5.75 Å². The Morgan fingerprint density at radius 1 is 1.12 bits per heavy atom. The minimum atomic E-state index is -4.59. The Hall–Kier alpha value is -4.07. The number of morpholine rings is 1. The number of rotatable bonds is 6. The molecule has 40 heavy (non-hydrogen) atoms. The predicted octanol–water partition coefficient (Wildman–Crippen LogP) is 5.14. The first-order chi connectivity index (χ1) is 19.1. The summed E-state index contributed by atoms with van der Waals surface area (Å²) < 4.78 is 52.0. The van der Waals surface area contributed by atoms with Crippen molar-refractivity contribution in [2.24, 2.45) is 0 Å². The maximum Gasteiger partial charge on any atom is 0.416 e. The number of carbonyl (C=O) groups is 1. The van der Waals surface area contributed by atoms with Crippen molar-refractivity contribution in [3.8, 4) is 16.9 Å². The van der Waals surface area contributed by atoms with Crippen molar-refractivity contribution in [3.05, 3.63) is 65.1 Å². The van der Waals surface area contributed by atoms with Crippen molar-refractivity contribution in [1.29, 1.82) is 0 Å². The highest BCUT2D eigenvalue weighted by atomic mass is 35.5. The number of nitrogen functional groups attached to an aromatic ring is 1. The zero-order valence-corrected chi connectivity index (χ0v) is 22.0. The lowest BCUT2D eigenvalue weighted by molar-refractivity contribution is -0.137. The Morgan fingerprint density at radius 3 is 2.60 bits per heavy atom. The molecule has 5 rings (SSSR count). The summed E-state index contributed by atoms with van der Waals surface area (Å²) in [6.45, 7) is 3.55. The van der Waals surface area contributed by atoms with E-state index in [1.54, 1.807) is 22.7 Å². The largest absolute Gasteiger partial charge is 0.495 e. The second kappa shape index (κ2) is 11.2. The van der Waals surface area contributed by atoms with Gasteiger partial charge in [-0.25, -0.2) is 14.3 Å². The molecule has 2 amide bonds. The highest BCUT2D eigenvalue weighted by Crippen LogP contribution is 2.37. The van der Waals surface area contributed by atoms with Crippen LogP contribution in [0.3, 0.4) is 0 Å². The number of benzene rings is 2. The van der Waals surface area contributed by atoms with Gasteiger partial charge in [0.1, 0.15) is 17.6 Å². The number of anilines is 3. The average Bonchev–Trinajstić information content (AvgIpc) is 3.29. The second-order valence-electron chi connectivity index (χ2n) is 9.03. The molecule has 2 aromatic carbocycles. The first kappa shape index (κ1) is 27.5. The minimum absolute atomic E-state index is 0.0428. The van der Waals surface area contributed by atoms with E-state index in [0.29, 0.717) is 36.8 Å². The minimum Gasteiger partial charge on any atom is -0.495 e. The molecule has 0 saturated carbocycles. The van der Waals surface area contributed by atoms with E-state index in [9.17, 15) is 18.0 Å². The van der Waals surface area contributed by atoms with Crippen molar-refractivity contribution in [3.63, 3.8) is 0 Å². The molecule has 210 valence electrons. The molecule has 10 nitrogen and oxygen atoms in total. The summed E-state index contributed by atoms with van der Waals surface area (Å²) in [6, 6.07) is 8.95. The maximum absolute atomic E-state index is 13.1. The van der Waals surface area contributed by atoms with Gasteiger partial charge < -0.3 is 25.8 Å². The number of fused-ring (bicyclic) bond motifs is 1. The third-order valence-corrected chi connectivity index (χ3v) is 6.78. The Morgan fingerprint density at radius 2 is 1.88 bits per heavy atom. The number of halogens is 4. The van der Waals surface area contributed by atoms with Crippen LogP contribution in [0.15, 0.2) is 48.8 Å². The van der Waals surface area contributed by atoms with Gasteiger partial charge in [0.05, 0.1) is 48.0 Å². The number of hydrogen-bond acceptors (Lipinski definition) is 7. The van der Waals surface area contributed by atoms with Gasteiger partial charge >= 0.3 is 12.2 Å². The third-order valence-electron chi connectivity index (χ3n) is 6.45. The number of amides is 2. The number of nitrogens with two attached hydrogens (primary N) is 1. The summed E-state index contributed by atoms with van der Waals surface area (Å²) in [6.07, 6.45) is -3.19. The average molecular weight is 576 g/mol. The molecule has 1 fully saturated rings. The molecule has 3 heterocycles. The summed E-state index contributed by atoms with van der Waals surface area (Å²) >= 11 is 6.00. The zero-order valence-electron chi connectivity index (χ0n) is 21.3. The standard InChI is InChI=1S/C26H25ClF3N7O3/c1-39-22-10-15(2-5-20(22)34-25(38)35-21-11-16(26(28,29)30)3-4-19(21)27)18-12-17(13-36-6-8-40-9-7-36)37-23(18)24(31)32-14-33-37/h2-5,10-12,14H,6-9,13H2,1H3,(H2,31,32,33)(H2,34,35,38). The molecule has 14 heteroatoms. The first-order valence-corrected chi connectivity index (χ1v) is 12.6. The van der Waals surface area contributed by atoms with E-state index in [2.05, 4.69) is 25.6 Å². The monoisotopic (exact) mass is 575 g/mol. The van der Waals surface area contributed by atoms with Crippen LogP contribution >= 0.6 is 11.6 Å². The van der Waals surface area contributed by atoms with E-state index in [1.165, 1.54) is 13.4 Å². The molecule has 0 unspecified atom stereocenters. The molecule has 0 atom stereocenters. The van der Waals surface area contributed by atoms with E-state index >= 15 is 0 Å². The lowest BCUT2D eigenvalue weighted by Gasteiger charge is -2.26. The van der Waals surface area contributed by atoms with Gasteiger partial charge in [0.2, 0.25) is 0 Å². The van der Waals surface area contributed by atoms with E-state index in [0.717, 1.165) is 48.1 Å². The molecule has 4 aromatic rings. The Bertz CT molecular complexity index is 1550. The molecule has 1 aliphatic rings. The SMILES string of the molecule is COc1cc(-c2cc(CN3CCOCC3)n3ncnc(N)c23)ccc1NC(=O)Nc1cc(C(F)(F)F)ccc1Cl. The van der Waals surface area contributed by atoms with Gasteiger partial charge in [0.25, 0.3) is 0 Å². The van der Waals surface area contributed by atoms with Crippen molar-refractivity contribution in [2.75, 3.05) is 49.8 Å². The Kier molecular flexibility index (Phi) is 7.70. The molecule has 2 aromatic heterocycles. The summed E-state index contributed by atoms with van der Waals surface area (Å²) in [5.41, 5.74) is 8.45. The van der Waals surface area contributed by atoms with Crippen LogP contribution < -0.4 is 21.1 Å². The fraction of sp³-hybridized carbons (Fsp3) is 0.269. The maximum atomic E-state index is 13.1. The normalized spacial score (nSPS) is 14.3. The summed E-state index contributed by atoms with van der Waals surface area (Å²) in [5, 5.41) is 9.32. The topological polar surface area (TPSA) is 119 Å². The Labute approximate surface area is 231 Å². The number of urea groups is 1. The van der Waals surface area contributed by atoms with Crippen molar-refractivity contribution in [2.45, 2.75) is 12.7 Å². The van der Waals surface area contributed by atoms with Crippen LogP contribution in [-0.4, -0.2) is 58.9 Å². The molecular weight excluding hydrogens is 551 g/mol. The molecule has 0 spiro atoms. The number of aromatic nitrogens is 3. The van der Waals surface area contributed by atoms with Gasteiger partial charge in [0.15, 0.2) is 5.82 Å². The van der Waals surface area contributed by atoms with E-state index < -0.39 is 17.8 Å². The van der Waals surface area contributed by atoms with Gasteiger partial charge in [0, 0.05) is 25.2 Å². The fourth-order valence-electron chi connectivity index (χ4n) is 4.49. The third kappa shape index (κ3) is 5.76. The van der Waals surface area contributed by atoms with Crippen LogP contribution in [0.2, 0.25) is 5.02 Å². The summed E-state index contributed by atoms with van der Waals surface area (Å²) in [5.74, 6) is 0.615. The van der Waals surface area contributed by atoms with Crippen LogP contribution in [-0.2, 0) is 17.5 Å². The smallest absolute Gasteiger partial charge is 0.416 e. The second-order valence-corrected chi connectivity index (χ2v) is 9.44. The number of alkyl halides is 3. The van der Waals surface area contributed by atoms with Crippen molar-refractivity contribution >= 4 is 40.3 Å². The van der Waals surface area contributed by atoms with Gasteiger partial charge in [-0.1, -0.05) is 17.7 Å². The summed E-state index contributed by atoms with van der Waals surface area (Å²) in [4.78, 5) is 19.1. The molecule has 1 aliphatic heterocycles. The molecule has 1 saturated heterocycles. The number of ether oxygens (including phenoxy) is 2. The summed E-state index contributed by atoms with van der Waals surface area (Å²) in [7, 11) is 1.44. The van der Waals surface area contributed by atoms with Crippen LogP contribution in [0.4, 0.5) is 35.2 Å². The lowest BCUT2D eigenvalue weighted by Crippen LogP contribution is -2.36. The first-order valence-electron chi connectivity index (χ1n) is 12.2. The van der Waals surface area contributed by atoms with Gasteiger partial charge in [-0.3, -0.25) is 4.90 Å². The van der Waals surface area contributed by atoms with Gasteiger partial charge in [-0.15, -0.1) is 0 Å². The van der Waals surface area contributed by atoms with Crippen molar-refractivity contribution in [1.82, 2.24) is 19.5 Å². The number of hydrogen-bond donors (Lipinski definition) is 3. The van der Waals surface area contributed by atoms with Crippen LogP contribution in [0, 0.1) is 0 Å². The molecule has 0 radical (unpaired) electrons. The highest BCUT2D eigenvalue weighted by Gasteiger charge is 2.31. The molecule has 0 bridgehead atoms. The number of carbonyl (C=O) groups excluding carboxylic acids is 1. The lowest BCUT2D eigenvalue weighted by atomic mass is 10.1.